The molecule has 0 N–H and O–H groups in total. The number of rotatable bonds is 1. The fourth-order valence-electron chi connectivity index (χ4n) is 4.25. The second-order valence-electron chi connectivity index (χ2n) is 6.96. The lowest BCUT2D eigenvalue weighted by Crippen LogP contribution is -2.51. The van der Waals surface area contributed by atoms with E-state index in [-0.39, 0.29) is 0 Å². The number of benzene rings is 1. The second kappa shape index (κ2) is 5.49. The van der Waals surface area contributed by atoms with Crippen LogP contribution in [0.2, 0.25) is 0 Å². The summed E-state index contributed by atoms with van der Waals surface area (Å²) >= 11 is 3.26. The van der Waals surface area contributed by atoms with E-state index in [2.05, 4.69) is 15.9 Å². The first-order chi connectivity index (χ1) is 12.1. The average molecular weight is 421 g/mol. The molecule has 0 aliphatic carbocycles. The molecule has 0 amide bonds. The summed E-state index contributed by atoms with van der Waals surface area (Å²) in [5, 5.41) is 0. The van der Waals surface area contributed by atoms with Crippen LogP contribution in [0, 0.1) is 19.7 Å². The van der Waals surface area contributed by atoms with E-state index in [0.717, 1.165) is 8.96 Å². The Kier molecular flexibility index (Phi) is 3.67. The van der Waals surface area contributed by atoms with Crippen molar-refractivity contribution in [1.29, 1.82) is 0 Å². The van der Waals surface area contributed by atoms with Crippen LogP contribution in [0.1, 0.15) is 36.4 Å². The van der Waals surface area contributed by atoms with Crippen LogP contribution in [0.4, 0.5) is 13.0 Å². The number of nitrogens with zero attached hydrogens (tertiary/aromatic N) is 2. The molecular weight excluding hydrogens is 404 g/mol. The lowest BCUT2D eigenvalue weighted by molar-refractivity contribution is -0.363. The van der Waals surface area contributed by atoms with Crippen LogP contribution < -0.4 is 0 Å². The molecule has 2 aliphatic heterocycles. The van der Waals surface area contributed by atoms with Gasteiger partial charge < -0.3 is 17.6 Å². The van der Waals surface area contributed by atoms with Gasteiger partial charge in [-0.1, -0.05) is 15.9 Å². The van der Waals surface area contributed by atoms with Crippen LogP contribution in [-0.4, -0.2) is 21.6 Å². The van der Waals surface area contributed by atoms with E-state index >= 15 is 8.63 Å². The molecule has 2 aliphatic rings. The highest BCUT2D eigenvalue weighted by Gasteiger charge is 2.55. The first kappa shape index (κ1) is 17.4. The van der Waals surface area contributed by atoms with Crippen molar-refractivity contribution in [2.75, 3.05) is 0 Å². The molecule has 0 atom stereocenters. The lowest BCUT2D eigenvalue weighted by Gasteiger charge is -2.34. The predicted octanol–water partition coefficient (Wildman–Crippen LogP) is 5.44. The maximum absolute atomic E-state index is 15.5. The van der Waals surface area contributed by atoms with Crippen molar-refractivity contribution in [3.63, 3.8) is 0 Å². The van der Waals surface area contributed by atoms with Gasteiger partial charge in [-0.2, -0.15) is 0 Å². The third-order valence-electron chi connectivity index (χ3n) is 5.13. The zero-order valence-corrected chi connectivity index (χ0v) is 16.5. The van der Waals surface area contributed by atoms with Gasteiger partial charge in [0.1, 0.15) is 11.5 Å². The van der Waals surface area contributed by atoms with Gasteiger partial charge >= 0.3 is 6.97 Å². The fraction of sp³-hybridized carbons (Fsp3) is 0.211. The first-order valence-corrected chi connectivity index (χ1v) is 9.16. The number of fused-ring (bicyclic) bond motifs is 2. The van der Waals surface area contributed by atoms with Crippen molar-refractivity contribution in [3.8, 4) is 0 Å². The Labute approximate surface area is 158 Å². The van der Waals surface area contributed by atoms with Crippen LogP contribution in [0.25, 0.3) is 5.57 Å². The summed E-state index contributed by atoms with van der Waals surface area (Å²) in [5.74, 6) is -0.443. The minimum atomic E-state index is -4.04. The highest BCUT2D eigenvalue weighted by atomic mass is 79.9. The molecule has 3 heterocycles. The summed E-state index contributed by atoms with van der Waals surface area (Å²) in [4.78, 5) is 0. The number of aryl methyl sites for hydroxylation is 2. The minimum Gasteiger partial charge on any atom is -0.393 e. The zero-order chi connectivity index (χ0) is 19.0. The molecule has 7 heteroatoms. The largest absolute Gasteiger partial charge is 0.737 e. The molecular formula is C19H17BBrF3N2. The van der Waals surface area contributed by atoms with Gasteiger partial charge in [0.15, 0.2) is 5.70 Å². The Morgan fingerprint density at radius 3 is 2.42 bits per heavy atom. The summed E-state index contributed by atoms with van der Waals surface area (Å²) in [6.07, 6.45) is 1.73. The normalized spacial score (nSPS) is 18.2. The van der Waals surface area contributed by atoms with Crippen LogP contribution in [-0.2, 0) is 0 Å². The van der Waals surface area contributed by atoms with E-state index in [4.69, 9.17) is 0 Å². The SMILES string of the molecule is CC1=CC(C)=[N+]2C1=C(c1ccc(Br)cc1F)c1c(C)cc(C)n1[B-]2(F)F. The number of allylic oxidation sites excluding steroid dienone is 2. The van der Waals surface area contributed by atoms with Gasteiger partial charge in [0.2, 0.25) is 0 Å². The topological polar surface area (TPSA) is 7.94 Å². The maximum atomic E-state index is 15.5. The van der Waals surface area contributed by atoms with E-state index in [0.29, 0.717) is 49.5 Å². The fourth-order valence-corrected chi connectivity index (χ4v) is 4.58. The Bertz CT molecular complexity index is 1080. The van der Waals surface area contributed by atoms with Gasteiger partial charge in [0.25, 0.3) is 0 Å². The van der Waals surface area contributed by atoms with Gasteiger partial charge in [0, 0.05) is 34.3 Å². The molecule has 0 spiro atoms. The Hall–Kier alpha value is -2.02. The summed E-state index contributed by atoms with van der Waals surface area (Å²) in [7, 11) is 0. The van der Waals surface area contributed by atoms with Crippen molar-refractivity contribution >= 4 is 34.2 Å². The molecule has 2 aromatic rings. The standard InChI is InChI=1S/C19H17BBrF3N2/c1-10-7-12(3)25-18(10)17(15-6-5-14(21)9-16(15)22)19-11(2)8-13(4)26(19)20(25,23)24/h5-9H,1-4H3. The van der Waals surface area contributed by atoms with Crippen molar-refractivity contribution in [1.82, 2.24) is 4.48 Å². The summed E-state index contributed by atoms with van der Waals surface area (Å²) in [6.45, 7) is 2.88. The third-order valence-corrected chi connectivity index (χ3v) is 5.63. The molecule has 0 saturated carbocycles. The van der Waals surface area contributed by atoms with Crippen LogP contribution in [0.15, 0.2) is 46.1 Å². The smallest absolute Gasteiger partial charge is 0.393 e. The Morgan fingerprint density at radius 1 is 1.08 bits per heavy atom. The Morgan fingerprint density at radius 2 is 1.77 bits per heavy atom. The van der Waals surface area contributed by atoms with Crippen molar-refractivity contribution in [3.05, 3.63) is 74.4 Å². The molecule has 0 saturated heterocycles. The van der Waals surface area contributed by atoms with Gasteiger partial charge in [-0.3, -0.25) is 0 Å². The van der Waals surface area contributed by atoms with Gasteiger partial charge in [-0.25, -0.2) is 4.39 Å². The van der Waals surface area contributed by atoms with E-state index in [1.807, 2.05) is 0 Å². The molecule has 0 bridgehead atoms. The quantitative estimate of drug-likeness (QED) is 0.543. The number of aromatic nitrogens is 1. The molecule has 1 aromatic carbocycles. The minimum absolute atomic E-state index is 0.324. The van der Waals surface area contributed by atoms with Crippen LogP contribution in [0.3, 0.4) is 0 Å². The Balaban J connectivity index is 2.20. The molecule has 0 radical (unpaired) electrons. The summed E-state index contributed by atoms with van der Waals surface area (Å²) in [6, 6.07) is 6.47. The monoisotopic (exact) mass is 420 g/mol. The third kappa shape index (κ3) is 2.16. The molecule has 0 fully saturated rings. The van der Waals surface area contributed by atoms with E-state index in [1.54, 1.807) is 52.0 Å². The molecule has 4 rings (SSSR count). The van der Waals surface area contributed by atoms with Gasteiger partial charge in [-0.05, 0) is 56.3 Å². The van der Waals surface area contributed by atoms with Crippen molar-refractivity contribution in [2.45, 2.75) is 27.7 Å². The highest BCUT2D eigenvalue weighted by Crippen LogP contribution is 2.44. The molecule has 1 aromatic heterocycles. The molecule has 134 valence electrons. The number of hydrogen-bond donors (Lipinski definition) is 0. The van der Waals surface area contributed by atoms with Crippen molar-refractivity contribution in [2.24, 2.45) is 0 Å². The van der Waals surface area contributed by atoms with E-state index < -0.39 is 12.8 Å². The maximum Gasteiger partial charge on any atom is 0.737 e. The van der Waals surface area contributed by atoms with Crippen molar-refractivity contribution < 1.29 is 17.5 Å². The summed E-state index contributed by atoms with van der Waals surface area (Å²) in [5.41, 5.74) is 3.98. The van der Waals surface area contributed by atoms with E-state index in [9.17, 15) is 4.39 Å². The first-order valence-electron chi connectivity index (χ1n) is 8.37. The van der Waals surface area contributed by atoms with Gasteiger partial charge in [0.05, 0.1) is 5.57 Å². The van der Waals surface area contributed by atoms with Crippen LogP contribution >= 0.6 is 15.9 Å². The van der Waals surface area contributed by atoms with E-state index in [1.165, 1.54) is 6.07 Å². The number of hydrogen-bond acceptors (Lipinski definition) is 0. The average Bonchev–Trinajstić information content (AvgIpc) is 2.99. The zero-order valence-electron chi connectivity index (χ0n) is 14.9. The predicted molar refractivity (Wildman–Crippen MR) is 102 cm³/mol. The number of halogens is 4. The molecule has 0 unspecified atom stereocenters. The van der Waals surface area contributed by atoms with Gasteiger partial charge in [-0.15, -0.1) is 0 Å². The lowest BCUT2D eigenvalue weighted by atomic mass is 9.83. The molecule has 2 nitrogen and oxygen atoms in total. The second-order valence-corrected chi connectivity index (χ2v) is 7.88. The highest BCUT2D eigenvalue weighted by molar-refractivity contribution is 9.10. The molecule has 26 heavy (non-hydrogen) atoms. The summed E-state index contributed by atoms with van der Waals surface area (Å²) < 4.78 is 48.5. The van der Waals surface area contributed by atoms with Crippen LogP contribution in [0.5, 0.6) is 0 Å².